The number of benzene rings is 1. The predicted molar refractivity (Wildman–Crippen MR) is 258 cm³/mol. The van der Waals surface area contributed by atoms with Crippen LogP contribution in [0.2, 0.25) is 0 Å². The van der Waals surface area contributed by atoms with Crippen LogP contribution in [0.1, 0.15) is 126 Å². The standard InChI is InChI=1S/C47H68N7O14PS/c1-9-28(4)42(51-44(60)35-14-10-12-20-52(35)7)46(61)53(8)36(27(2)3)25-38(67-30(6)55)45-50-34(26-70-45)43(59)48-32(22-29(5)47(62)63)23-31-16-17-37(68-69(64,65)66)33(24-31)49-39(56)15-11-13-21-54-40(57)18-19-41(54)58/h16-19,24,26-29,32,35-36,38,42H,9-15,20-23,25H2,1-8H3,(H,48,59)(H,49,56)(H,51,60)(H,62,63)(H2,64,65,66)/t28-,29?,32+,35+,36+,38+,42-/m0/s1. The van der Waals surface area contributed by atoms with Crippen LogP contribution in [0.3, 0.4) is 0 Å². The number of carboxylic acid groups (broad SMARTS) is 1. The lowest BCUT2D eigenvalue weighted by Crippen LogP contribution is -2.58. The summed E-state index contributed by atoms with van der Waals surface area (Å²) in [6.07, 6.45) is 5.06. The largest absolute Gasteiger partial charge is 0.524 e. The van der Waals surface area contributed by atoms with Crippen molar-refractivity contribution in [3.63, 3.8) is 0 Å². The van der Waals surface area contributed by atoms with Gasteiger partial charge in [-0.3, -0.25) is 57.9 Å². The van der Waals surface area contributed by atoms with Crippen molar-refractivity contribution in [3.8, 4) is 5.75 Å². The highest BCUT2D eigenvalue weighted by Crippen LogP contribution is 2.41. The van der Waals surface area contributed by atoms with Crippen LogP contribution in [0.4, 0.5) is 5.69 Å². The minimum absolute atomic E-state index is 0.0205. The Morgan fingerprint density at radius 3 is 2.29 bits per heavy atom. The molecule has 4 rings (SSSR count). The number of hydrogen-bond acceptors (Lipinski definition) is 14. The van der Waals surface area contributed by atoms with Crippen molar-refractivity contribution in [2.24, 2.45) is 17.8 Å². The third kappa shape index (κ3) is 16.8. The summed E-state index contributed by atoms with van der Waals surface area (Å²) in [6.45, 7) is 11.3. The molecule has 1 aromatic carbocycles. The fraction of sp³-hybridized carbons (Fsp3) is 0.596. The lowest BCUT2D eigenvalue weighted by Gasteiger charge is -2.38. The van der Waals surface area contributed by atoms with Gasteiger partial charge in [0.25, 0.3) is 17.7 Å². The van der Waals surface area contributed by atoms with Gasteiger partial charge in [0.2, 0.25) is 17.7 Å². The van der Waals surface area contributed by atoms with Crippen LogP contribution in [0.5, 0.6) is 5.75 Å². The zero-order valence-electron chi connectivity index (χ0n) is 41.0. The van der Waals surface area contributed by atoms with E-state index in [0.29, 0.717) is 24.8 Å². The highest BCUT2D eigenvalue weighted by atomic mass is 32.1. The lowest BCUT2D eigenvalue weighted by molar-refractivity contribution is -0.149. The number of nitrogens with one attached hydrogen (secondary N) is 3. The Labute approximate surface area is 412 Å². The molecule has 0 bridgehead atoms. The molecule has 1 unspecified atom stereocenters. The topological polar surface area (TPSA) is 291 Å². The Morgan fingerprint density at radius 2 is 1.69 bits per heavy atom. The molecule has 1 saturated heterocycles. The summed E-state index contributed by atoms with van der Waals surface area (Å²) in [6, 6.07) is 1.52. The van der Waals surface area contributed by atoms with Crippen molar-refractivity contribution in [2.45, 2.75) is 136 Å². The van der Waals surface area contributed by atoms with E-state index in [1.807, 2.05) is 39.6 Å². The average Bonchev–Trinajstić information content (AvgIpc) is 3.91. The summed E-state index contributed by atoms with van der Waals surface area (Å²) in [4.78, 5) is 131. The van der Waals surface area contributed by atoms with Crippen LogP contribution >= 0.6 is 19.2 Å². The molecule has 2 aliphatic rings. The fourth-order valence-electron chi connectivity index (χ4n) is 8.45. The zero-order valence-corrected chi connectivity index (χ0v) is 42.8. The van der Waals surface area contributed by atoms with E-state index in [9.17, 15) is 57.8 Å². The first-order valence-electron chi connectivity index (χ1n) is 23.5. The predicted octanol–water partition coefficient (Wildman–Crippen LogP) is 4.59. The number of piperidine rings is 1. The second kappa shape index (κ2) is 26.1. The average molecular weight is 1020 g/mol. The number of hydrogen-bond donors (Lipinski definition) is 6. The number of aliphatic carboxylic acids is 1. The molecule has 1 fully saturated rings. The monoisotopic (exact) mass is 1020 g/mol. The van der Waals surface area contributed by atoms with Crippen molar-refractivity contribution < 1.29 is 67.1 Å². The number of carbonyl (C=O) groups is 8. The first-order valence-corrected chi connectivity index (χ1v) is 25.9. The van der Waals surface area contributed by atoms with Gasteiger partial charge in [-0.05, 0) is 81.6 Å². The number of rotatable bonds is 26. The van der Waals surface area contributed by atoms with E-state index in [1.165, 1.54) is 37.4 Å². The highest BCUT2D eigenvalue weighted by molar-refractivity contribution is 7.46. The van der Waals surface area contributed by atoms with E-state index < -0.39 is 73.5 Å². The molecule has 6 N–H and O–H groups in total. The molecular weight excluding hydrogens is 950 g/mol. The number of imide groups is 1. The number of carbonyl (C=O) groups excluding carboxylic acids is 7. The van der Waals surface area contributed by atoms with Gasteiger partial charge in [0.1, 0.15) is 16.7 Å². The van der Waals surface area contributed by atoms with Crippen molar-refractivity contribution in [3.05, 3.63) is 52.0 Å². The number of aromatic nitrogens is 1. The summed E-state index contributed by atoms with van der Waals surface area (Å²) in [5.41, 5.74) is 0.242. The number of esters is 1. The summed E-state index contributed by atoms with van der Waals surface area (Å²) < 4.78 is 22.5. The maximum absolute atomic E-state index is 14.3. The number of anilines is 1. The van der Waals surface area contributed by atoms with Crippen LogP contribution in [0, 0.1) is 17.8 Å². The van der Waals surface area contributed by atoms with Crippen molar-refractivity contribution >= 4 is 72.2 Å². The molecule has 0 radical (unpaired) electrons. The highest BCUT2D eigenvalue weighted by Gasteiger charge is 2.38. The van der Waals surface area contributed by atoms with E-state index in [-0.39, 0.29) is 90.5 Å². The second-order valence-electron chi connectivity index (χ2n) is 18.5. The van der Waals surface area contributed by atoms with Gasteiger partial charge in [0.05, 0.1) is 17.6 Å². The Balaban J connectivity index is 1.52. The molecule has 0 spiro atoms. The number of nitrogens with zero attached hydrogens (tertiary/aromatic N) is 4. The normalized spacial score (nSPS) is 17.8. The number of ether oxygens (including phenoxy) is 1. The van der Waals surface area contributed by atoms with Crippen molar-refractivity contribution in [1.29, 1.82) is 0 Å². The van der Waals surface area contributed by atoms with Crippen LogP contribution in [-0.2, 0) is 49.3 Å². The summed E-state index contributed by atoms with van der Waals surface area (Å²) in [5, 5.41) is 20.0. The molecule has 21 nitrogen and oxygen atoms in total. The van der Waals surface area contributed by atoms with Crippen LogP contribution < -0.4 is 20.5 Å². The number of likely N-dealkylation sites (tertiary alicyclic amines) is 1. The van der Waals surface area contributed by atoms with Crippen LogP contribution in [0.25, 0.3) is 0 Å². The number of phosphoric ester groups is 1. The maximum Gasteiger partial charge on any atom is 0.524 e. The van der Waals surface area contributed by atoms with Gasteiger partial charge in [0.15, 0.2) is 11.9 Å². The number of likely N-dealkylation sites (N-methyl/N-ethyl adjacent to an activating group) is 2. The molecule has 7 atom stereocenters. The molecule has 2 aliphatic heterocycles. The molecule has 6 amide bonds. The van der Waals surface area contributed by atoms with E-state index >= 15 is 0 Å². The number of thiazole rings is 1. The van der Waals surface area contributed by atoms with Gasteiger partial charge in [0, 0.05) is 63.0 Å². The molecule has 0 aliphatic carbocycles. The molecule has 386 valence electrons. The Kier molecular flexibility index (Phi) is 21.2. The van der Waals surface area contributed by atoms with Crippen molar-refractivity contribution in [2.75, 3.05) is 32.5 Å². The summed E-state index contributed by atoms with van der Waals surface area (Å²) in [7, 11) is -1.54. The van der Waals surface area contributed by atoms with Crippen LogP contribution in [-0.4, -0.2) is 133 Å². The van der Waals surface area contributed by atoms with Gasteiger partial charge in [-0.25, -0.2) is 9.55 Å². The van der Waals surface area contributed by atoms with E-state index in [0.717, 1.165) is 47.8 Å². The Bertz CT molecular complexity index is 2280. The molecule has 23 heteroatoms. The van der Waals surface area contributed by atoms with E-state index in [1.54, 1.807) is 11.9 Å². The fourth-order valence-corrected chi connectivity index (χ4v) is 9.71. The Morgan fingerprint density at radius 1 is 1.00 bits per heavy atom. The Hall–Kier alpha value is -5.54. The first kappa shape index (κ1) is 57.0. The number of amides is 6. The van der Waals surface area contributed by atoms with Gasteiger partial charge in [-0.2, -0.15) is 0 Å². The molecule has 0 saturated carbocycles. The van der Waals surface area contributed by atoms with E-state index in [4.69, 9.17) is 9.26 Å². The third-order valence-corrected chi connectivity index (χ3v) is 14.0. The lowest BCUT2D eigenvalue weighted by atomic mass is 9.92. The maximum atomic E-state index is 14.3. The first-order chi connectivity index (χ1) is 32.9. The molecular formula is C47H68N7O14PS. The zero-order chi connectivity index (χ0) is 52.0. The summed E-state index contributed by atoms with van der Waals surface area (Å²) >= 11 is 1.06. The molecule has 70 heavy (non-hydrogen) atoms. The number of unbranched alkanes of at least 4 members (excludes halogenated alkanes) is 1. The molecule has 3 heterocycles. The smallest absolute Gasteiger partial charge is 0.481 e. The van der Waals surface area contributed by atoms with Crippen molar-refractivity contribution in [1.82, 2.24) is 30.3 Å². The minimum atomic E-state index is -5.10. The SMILES string of the molecule is CC[C@H](C)[C@H](NC(=O)[C@H]1CCCCN1C)C(=O)N(C)[C@H](C[C@@H](OC(C)=O)c1nc(C(=O)N[C@@H](Cc2ccc(OP(=O)(O)O)c(NC(=O)CCCCN3C(=O)C=CC3=O)c2)CC(C)C(=O)O)cs1)C(C)C. The van der Waals surface area contributed by atoms with E-state index in [2.05, 4.69) is 20.9 Å². The van der Waals surface area contributed by atoms with Gasteiger partial charge in [-0.1, -0.05) is 53.5 Å². The molecule has 2 aromatic rings. The third-order valence-electron chi connectivity index (χ3n) is 12.6. The van der Waals surface area contributed by atoms with Crippen LogP contribution in [0.15, 0.2) is 35.7 Å². The van der Waals surface area contributed by atoms with Gasteiger partial charge in [-0.15, -0.1) is 11.3 Å². The number of phosphoric acid groups is 1. The quantitative estimate of drug-likeness (QED) is 0.0325. The minimum Gasteiger partial charge on any atom is -0.481 e. The molecule has 1 aromatic heterocycles. The van der Waals surface area contributed by atoms with Gasteiger partial charge < -0.3 is 35.2 Å². The summed E-state index contributed by atoms with van der Waals surface area (Å²) in [5.74, 6) is -6.05. The van der Waals surface area contributed by atoms with Gasteiger partial charge >= 0.3 is 19.8 Å². The second-order valence-corrected chi connectivity index (χ2v) is 20.5. The number of carboxylic acids is 1.